The first kappa shape index (κ1) is 19.5. The molecule has 0 aliphatic heterocycles. The molecule has 2 N–H and O–H groups in total. The van der Waals surface area contributed by atoms with Crippen molar-refractivity contribution in [1.82, 2.24) is 15.0 Å². The summed E-state index contributed by atoms with van der Waals surface area (Å²) in [5.41, 5.74) is 2.14. The zero-order valence-corrected chi connectivity index (χ0v) is 18.0. The lowest BCUT2D eigenvalue weighted by Gasteiger charge is -2.09. The molecule has 0 aliphatic carbocycles. The number of amides is 1. The van der Waals surface area contributed by atoms with E-state index in [1.54, 1.807) is 48.8 Å². The largest absolute Gasteiger partial charge is 0.449 e. The minimum Gasteiger partial charge on any atom is -0.449 e. The maximum Gasteiger partial charge on any atom is 0.294 e. The fourth-order valence-corrected chi connectivity index (χ4v) is 3.81. The van der Waals surface area contributed by atoms with Crippen molar-refractivity contribution in [2.75, 3.05) is 5.32 Å². The molecule has 3 aromatic heterocycles. The van der Waals surface area contributed by atoms with Crippen LogP contribution in [0.1, 0.15) is 10.4 Å². The molecule has 2 aromatic carbocycles. The molecule has 1 amide bonds. The molecule has 0 radical (unpaired) electrons. The lowest BCUT2D eigenvalue weighted by atomic mass is 10.1. The summed E-state index contributed by atoms with van der Waals surface area (Å²) in [6.07, 6.45) is 3.08. The van der Waals surface area contributed by atoms with Gasteiger partial charge in [0.25, 0.3) is 11.5 Å². The van der Waals surface area contributed by atoms with Crippen LogP contribution < -0.4 is 10.9 Å². The van der Waals surface area contributed by atoms with Crippen molar-refractivity contribution < 1.29 is 9.21 Å². The van der Waals surface area contributed by atoms with Gasteiger partial charge in [-0.3, -0.25) is 14.6 Å². The van der Waals surface area contributed by atoms with Crippen LogP contribution in [0, 0.1) is 0 Å². The number of nitrogens with one attached hydrogen (secondary N) is 2. The predicted octanol–water partition coefficient (Wildman–Crippen LogP) is 5.40. The summed E-state index contributed by atoms with van der Waals surface area (Å²) >= 11 is 9.82. The molecule has 3 heterocycles. The van der Waals surface area contributed by atoms with E-state index in [1.807, 2.05) is 12.1 Å². The number of benzene rings is 2. The van der Waals surface area contributed by atoms with Gasteiger partial charge in [-0.05, 0) is 48.5 Å². The summed E-state index contributed by atoms with van der Waals surface area (Å²) in [7, 11) is 0. The zero-order valence-electron chi connectivity index (χ0n) is 15.6. The average molecular weight is 496 g/mol. The highest BCUT2D eigenvalue weighted by Gasteiger charge is 2.16. The molecule has 7 nitrogen and oxygen atoms in total. The van der Waals surface area contributed by atoms with E-state index in [-0.39, 0.29) is 17.3 Å². The number of rotatable bonds is 3. The van der Waals surface area contributed by atoms with Crippen LogP contribution in [0.15, 0.2) is 74.6 Å². The molecule has 0 saturated carbocycles. The first-order valence-electron chi connectivity index (χ1n) is 9.13. The zero-order chi connectivity index (χ0) is 21.5. The Morgan fingerprint density at radius 3 is 2.71 bits per heavy atom. The molecule has 5 aromatic rings. The molecule has 0 bridgehead atoms. The molecule has 0 unspecified atom stereocenters. The summed E-state index contributed by atoms with van der Waals surface area (Å²) in [6.45, 7) is 0. The van der Waals surface area contributed by atoms with Crippen molar-refractivity contribution in [3.05, 3.63) is 86.3 Å². The number of fused-ring (bicyclic) bond motifs is 3. The van der Waals surface area contributed by atoms with E-state index >= 15 is 0 Å². The van der Waals surface area contributed by atoms with Crippen LogP contribution in [0.25, 0.3) is 33.5 Å². The Morgan fingerprint density at radius 1 is 1.10 bits per heavy atom. The summed E-state index contributed by atoms with van der Waals surface area (Å²) in [6, 6.07) is 13.6. The number of aromatic amines is 1. The molecule has 31 heavy (non-hydrogen) atoms. The number of nitrogens with zero attached hydrogens (tertiary/aromatic N) is 2. The van der Waals surface area contributed by atoms with Gasteiger partial charge in [0.2, 0.25) is 5.58 Å². The molecule has 0 saturated heterocycles. The quantitative estimate of drug-likeness (QED) is 0.349. The first-order chi connectivity index (χ1) is 15.0. The lowest BCUT2D eigenvalue weighted by molar-refractivity contribution is 0.102. The van der Waals surface area contributed by atoms with Crippen LogP contribution in [-0.2, 0) is 0 Å². The highest BCUT2D eigenvalue weighted by molar-refractivity contribution is 9.10. The predicted molar refractivity (Wildman–Crippen MR) is 122 cm³/mol. The Bertz CT molecular complexity index is 1530. The summed E-state index contributed by atoms with van der Waals surface area (Å²) in [5.74, 6) is -0.0246. The topological polar surface area (TPSA) is 101 Å². The van der Waals surface area contributed by atoms with Gasteiger partial charge in [-0.1, -0.05) is 27.5 Å². The second-order valence-corrected chi connectivity index (χ2v) is 8.04. The number of hydrogen-bond donors (Lipinski definition) is 2. The van der Waals surface area contributed by atoms with Gasteiger partial charge in [-0.2, -0.15) is 0 Å². The first-order valence-corrected chi connectivity index (χ1v) is 10.3. The van der Waals surface area contributed by atoms with E-state index in [9.17, 15) is 9.59 Å². The molecule has 0 atom stereocenters. The normalized spacial score (nSPS) is 11.2. The smallest absolute Gasteiger partial charge is 0.294 e. The van der Waals surface area contributed by atoms with Gasteiger partial charge >= 0.3 is 0 Å². The third kappa shape index (κ3) is 3.60. The number of H-pyrrole nitrogens is 1. The number of carbonyl (C=O) groups is 1. The molecule has 0 fully saturated rings. The SMILES string of the molecule is O=C(Nc1ccc(Cl)c(-c2nc3c(oc4ccc(Br)cc43)c(=O)[nH]2)c1)c1ccncc1. The number of furan rings is 1. The third-order valence-corrected chi connectivity index (χ3v) is 5.53. The standard InChI is InChI=1S/C22H12BrClN4O3/c23-12-1-4-17-15(9-12)18-19(31-17)22(30)28-20(27-18)14-10-13(2-3-16(14)24)26-21(29)11-5-7-25-8-6-11/h1-10H,(H,26,29)(H,27,28,30). The van der Waals surface area contributed by atoms with Gasteiger partial charge in [-0.25, -0.2) is 4.98 Å². The van der Waals surface area contributed by atoms with Gasteiger partial charge in [0.05, 0.1) is 5.02 Å². The van der Waals surface area contributed by atoms with E-state index in [2.05, 4.69) is 36.2 Å². The number of carbonyl (C=O) groups excluding carboxylic acids is 1. The highest BCUT2D eigenvalue weighted by atomic mass is 79.9. The molecule has 152 valence electrons. The second-order valence-electron chi connectivity index (χ2n) is 6.72. The Morgan fingerprint density at radius 2 is 1.90 bits per heavy atom. The van der Waals surface area contributed by atoms with Crippen molar-refractivity contribution in [1.29, 1.82) is 0 Å². The molecule has 9 heteroatoms. The molecular weight excluding hydrogens is 484 g/mol. The van der Waals surface area contributed by atoms with Gasteiger partial charge in [-0.15, -0.1) is 0 Å². The van der Waals surface area contributed by atoms with Crippen molar-refractivity contribution in [2.24, 2.45) is 0 Å². The van der Waals surface area contributed by atoms with Crippen LogP contribution in [0.2, 0.25) is 5.02 Å². The van der Waals surface area contributed by atoms with Crippen LogP contribution >= 0.6 is 27.5 Å². The van der Waals surface area contributed by atoms with Crippen LogP contribution in [0.4, 0.5) is 5.69 Å². The van der Waals surface area contributed by atoms with E-state index < -0.39 is 5.56 Å². The Balaban J connectivity index is 1.60. The number of anilines is 1. The maximum atomic E-state index is 12.7. The Labute approximate surface area is 188 Å². The number of halogens is 2. The maximum absolute atomic E-state index is 12.7. The Kier molecular flexibility index (Phi) is 4.80. The van der Waals surface area contributed by atoms with E-state index in [0.29, 0.717) is 38.3 Å². The minimum atomic E-state index is -0.422. The van der Waals surface area contributed by atoms with Crippen LogP contribution in [0.5, 0.6) is 0 Å². The monoisotopic (exact) mass is 494 g/mol. The van der Waals surface area contributed by atoms with Crippen molar-refractivity contribution in [3.63, 3.8) is 0 Å². The fourth-order valence-electron chi connectivity index (χ4n) is 3.24. The molecule has 5 rings (SSSR count). The average Bonchev–Trinajstić information content (AvgIpc) is 3.14. The molecular formula is C22H12BrClN4O3. The van der Waals surface area contributed by atoms with Crippen LogP contribution in [0.3, 0.4) is 0 Å². The Hall–Kier alpha value is -3.49. The van der Waals surface area contributed by atoms with Gasteiger partial charge in [0.15, 0.2) is 0 Å². The lowest BCUT2D eigenvalue weighted by Crippen LogP contribution is -2.12. The number of aromatic nitrogens is 3. The minimum absolute atomic E-state index is 0.134. The highest BCUT2D eigenvalue weighted by Crippen LogP contribution is 2.32. The third-order valence-electron chi connectivity index (χ3n) is 4.71. The fraction of sp³-hybridized carbons (Fsp3) is 0. The second kappa shape index (κ2) is 7.64. The summed E-state index contributed by atoms with van der Waals surface area (Å²) < 4.78 is 6.50. The van der Waals surface area contributed by atoms with Gasteiger partial charge < -0.3 is 14.7 Å². The number of pyridine rings is 1. The number of hydrogen-bond acceptors (Lipinski definition) is 5. The van der Waals surface area contributed by atoms with E-state index in [0.717, 1.165) is 4.47 Å². The molecule has 0 aliphatic rings. The van der Waals surface area contributed by atoms with E-state index in [1.165, 1.54) is 0 Å². The van der Waals surface area contributed by atoms with Crippen molar-refractivity contribution >= 4 is 61.2 Å². The summed E-state index contributed by atoms with van der Waals surface area (Å²) in [5, 5.41) is 3.89. The van der Waals surface area contributed by atoms with Crippen LogP contribution in [-0.4, -0.2) is 20.9 Å². The van der Waals surface area contributed by atoms with Gasteiger partial charge in [0, 0.05) is 39.1 Å². The van der Waals surface area contributed by atoms with Gasteiger partial charge in [0.1, 0.15) is 16.9 Å². The van der Waals surface area contributed by atoms with Crippen molar-refractivity contribution in [3.8, 4) is 11.4 Å². The summed E-state index contributed by atoms with van der Waals surface area (Å²) in [4.78, 5) is 36.3. The van der Waals surface area contributed by atoms with E-state index in [4.69, 9.17) is 16.0 Å². The molecule has 0 spiro atoms. The van der Waals surface area contributed by atoms with Crippen molar-refractivity contribution in [2.45, 2.75) is 0 Å².